The van der Waals surface area contributed by atoms with Crippen molar-refractivity contribution < 1.29 is 9.53 Å². The second kappa shape index (κ2) is 7.77. The van der Waals surface area contributed by atoms with Gasteiger partial charge in [0.05, 0.1) is 6.61 Å². The highest BCUT2D eigenvalue weighted by atomic mass is 16.5. The molecule has 1 saturated carbocycles. The quantitative estimate of drug-likeness (QED) is 0.734. The molecule has 122 valence electrons. The van der Waals surface area contributed by atoms with Crippen LogP contribution < -0.4 is 4.74 Å². The van der Waals surface area contributed by atoms with Crippen LogP contribution in [0.15, 0.2) is 18.2 Å². The highest BCUT2D eigenvalue weighted by Crippen LogP contribution is 2.29. The van der Waals surface area contributed by atoms with E-state index in [1.807, 2.05) is 25.1 Å². The summed E-state index contributed by atoms with van der Waals surface area (Å²) < 4.78 is 5.74. The van der Waals surface area contributed by atoms with Crippen LogP contribution in [0.2, 0.25) is 0 Å². The molecule has 1 aliphatic rings. The Labute approximate surface area is 134 Å². The largest absolute Gasteiger partial charge is 0.494 e. The van der Waals surface area contributed by atoms with Crippen molar-refractivity contribution >= 4 is 5.78 Å². The SMILES string of the molecule is CCOc1ccc(C(C)=O)cc1CN(C)C1CCC(C)CC1. The fourth-order valence-electron chi connectivity index (χ4n) is 3.30. The molecule has 1 aromatic rings. The van der Waals surface area contributed by atoms with Gasteiger partial charge in [0.15, 0.2) is 5.78 Å². The smallest absolute Gasteiger partial charge is 0.159 e. The van der Waals surface area contributed by atoms with E-state index in [1.54, 1.807) is 6.92 Å². The van der Waals surface area contributed by atoms with E-state index in [4.69, 9.17) is 4.74 Å². The average molecular weight is 303 g/mol. The molecule has 0 saturated heterocycles. The minimum atomic E-state index is 0.110. The molecule has 0 amide bonds. The molecule has 3 heteroatoms. The number of ketones is 1. The summed E-state index contributed by atoms with van der Waals surface area (Å²) in [4.78, 5) is 14.1. The normalized spacial score (nSPS) is 21.9. The Kier molecular flexibility index (Phi) is 6.01. The lowest BCUT2D eigenvalue weighted by Gasteiger charge is -2.34. The summed E-state index contributed by atoms with van der Waals surface area (Å²) in [6.07, 6.45) is 5.18. The van der Waals surface area contributed by atoms with E-state index >= 15 is 0 Å². The molecular weight excluding hydrogens is 274 g/mol. The van der Waals surface area contributed by atoms with Gasteiger partial charge in [-0.15, -0.1) is 0 Å². The minimum Gasteiger partial charge on any atom is -0.494 e. The zero-order chi connectivity index (χ0) is 16.1. The molecule has 0 aliphatic heterocycles. The monoisotopic (exact) mass is 303 g/mol. The fourth-order valence-corrected chi connectivity index (χ4v) is 3.30. The zero-order valence-corrected chi connectivity index (χ0v) is 14.4. The van der Waals surface area contributed by atoms with Crippen molar-refractivity contribution in [3.05, 3.63) is 29.3 Å². The van der Waals surface area contributed by atoms with Gasteiger partial charge in [0, 0.05) is 23.7 Å². The van der Waals surface area contributed by atoms with Crippen LogP contribution in [0.5, 0.6) is 5.75 Å². The molecule has 0 N–H and O–H groups in total. The van der Waals surface area contributed by atoms with Gasteiger partial charge in [-0.1, -0.05) is 6.92 Å². The first kappa shape index (κ1) is 17.0. The molecule has 0 unspecified atom stereocenters. The Balaban J connectivity index is 2.12. The summed E-state index contributed by atoms with van der Waals surface area (Å²) in [5.41, 5.74) is 1.89. The second-order valence-electron chi connectivity index (χ2n) is 6.64. The zero-order valence-electron chi connectivity index (χ0n) is 14.4. The van der Waals surface area contributed by atoms with Crippen molar-refractivity contribution in [2.45, 2.75) is 59.0 Å². The molecule has 1 fully saturated rings. The van der Waals surface area contributed by atoms with E-state index in [9.17, 15) is 4.79 Å². The van der Waals surface area contributed by atoms with Crippen LogP contribution in [0.4, 0.5) is 0 Å². The third-order valence-corrected chi connectivity index (χ3v) is 4.80. The van der Waals surface area contributed by atoms with Crippen LogP contribution in [0.25, 0.3) is 0 Å². The lowest BCUT2D eigenvalue weighted by atomic mass is 9.86. The molecule has 0 atom stereocenters. The maximum Gasteiger partial charge on any atom is 0.159 e. The Hall–Kier alpha value is -1.35. The number of carbonyl (C=O) groups excluding carboxylic acids is 1. The van der Waals surface area contributed by atoms with Crippen LogP contribution in [-0.2, 0) is 6.54 Å². The van der Waals surface area contributed by atoms with Gasteiger partial charge >= 0.3 is 0 Å². The number of nitrogens with zero attached hydrogens (tertiary/aromatic N) is 1. The standard InChI is InChI=1S/C19H29NO2/c1-5-22-19-11-8-16(15(3)21)12-17(19)13-20(4)18-9-6-14(2)7-10-18/h8,11-12,14,18H,5-7,9-10,13H2,1-4H3. The molecule has 0 bridgehead atoms. The topological polar surface area (TPSA) is 29.5 Å². The van der Waals surface area contributed by atoms with Crippen LogP contribution in [0.1, 0.15) is 62.4 Å². The third kappa shape index (κ3) is 4.33. The number of carbonyl (C=O) groups is 1. The van der Waals surface area contributed by atoms with Crippen molar-refractivity contribution in [2.75, 3.05) is 13.7 Å². The van der Waals surface area contributed by atoms with Crippen LogP contribution in [-0.4, -0.2) is 30.4 Å². The Bertz CT molecular complexity index is 504. The summed E-state index contributed by atoms with van der Waals surface area (Å²) in [5, 5.41) is 0. The van der Waals surface area contributed by atoms with E-state index in [-0.39, 0.29) is 5.78 Å². The lowest BCUT2D eigenvalue weighted by molar-refractivity contribution is 0.101. The van der Waals surface area contributed by atoms with Crippen LogP contribution in [0, 0.1) is 5.92 Å². The number of rotatable bonds is 6. The van der Waals surface area contributed by atoms with Crippen LogP contribution in [0.3, 0.4) is 0 Å². The molecule has 2 rings (SSSR count). The minimum absolute atomic E-state index is 0.110. The van der Waals surface area contributed by atoms with Gasteiger partial charge in [0.2, 0.25) is 0 Å². The van der Waals surface area contributed by atoms with Gasteiger partial charge in [0.1, 0.15) is 5.75 Å². The highest BCUT2D eigenvalue weighted by Gasteiger charge is 2.22. The first-order valence-electron chi connectivity index (χ1n) is 8.48. The van der Waals surface area contributed by atoms with Gasteiger partial charge in [-0.05, 0) is 70.7 Å². The summed E-state index contributed by atoms with van der Waals surface area (Å²) in [5.74, 6) is 1.88. The predicted octanol–water partition coefficient (Wildman–Crippen LogP) is 4.30. The first-order chi connectivity index (χ1) is 10.5. The Morgan fingerprint density at radius 2 is 1.95 bits per heavy atom. The molecule has 22 heavy (non-hydrogen) atoms. The number of Topliss-reactive ketones (excluding diaryl/α,β-unsaturated/α-hetero) is 1. The van der Waals surface area contributed by atoms with Gasteiger partial charge in [-0.2, -0.15) is 0 Å². The van der Waals surface area contributed by atoms with Gasteiger partial charge in [-0.25, -0.2) is 0 Å². The number of ether oxygens (including phenoxy) is 1. The van der Waals surface area contributed by atoms with Crippen molar-refractivity contribution in [3.63, 3.8) is 0 Å². The number of benzene rings is 1. The van der Waals surface area contributed by atoms with Crippen molar-refractivity contribution in [3.8, 4) is 5.75 Å². The highest BCUT2D eigenvalue weighted by molar-refractivity contribution is 5.94. The van der Waals surface area contributed by atoms with E-state index in [2.05, 4.69) is 18.9 Å². The van der Waals surface area contributed by atoms with Crippen molar-refractivity contribution in [1.29, 1.82) is 0 Å². The molecule has 0 heterocycles. The second-order valence-corrected chi connectivity index (χ2v) is 6.64. The number of hydrogen-bond donors (Lipinski definition) is 0. The van der Waals surface area contributed by atoms with Gasteiger partial charge in [0.25, 0.3) is 0 Å². The van der Waals surface area contributed by atoms with E-state index in [0.29, 0.717) is 12.6 Å². The van der Waals surface area contributed by atoms with E-state index in [0.717, 1.165) is 29.3 Å². The fraction of sp³-hybridized carbons (Fsp3) is 0.632. The maximum absolute atomic E-state index is 11.6. The Morgan fingerprint density at radius 1 is 1.27 bits per heavy atom. The third-order valence-electron chi connectivity index (χ3n) is 4.80. The molecule has 3 nitrogen and oxygen atoms in total. The average Bonchev–Trinajstić information content (AvgIpc) is 2.49. The summed E-state index contributed by atoms with van der Waals surface area (Å²) in [7, 11) is 2.19. The summed E-state index contributed by atoms with van der Waals surface area (Å²) >= 11 is 0. The molecule has 0 spiro atoms. The number of hydrogen-bond acceptors (Lipinski definition) is 3. The van der Waals surface area contributed by atoms with Crippen molar-refractivity contribution in [2.24, 2.45) is 5.92 Å². The molecule has 0 aromatic heterocycles. The van der Waals surface area contributed by atoms with E-state index < -0.39 is 0 Å². The maximum atomic E-state index is 11.6. The van der Waals surface area contributed by atoms with Gasteiger partial charge in [-0.3, -0.25) is 9.69 Å². The molecule has 1 aliphatic carbocycles. The Morgan fingerprint density at radius 3 is 2.55 bits per heavy atom. The van der Waals surface area contributed by atoms with Crippen LogP contribution >= 0.6 is 0 Å². The predicted molar refractivity (Wildman–Crippen MR) is 90.5 cm³/mol. The van der Waals surface area contributed by atoms with Gasteiger partial charge < -0.3 is 4.74 Å². The first-order valence-corrected chi connectivity index (χ1v) is 8.48. The van der Waals surface area contributed by atoms with E-state index in [1.165, 1.54) is 25.7 Å². The summed E-state index contributed by atoms with van der Waals surface area (Å²) in [6.45, 7) is 7.45. The lowest BCUT2D eigenvalue weighted by Crippen LogP contribution is -2.34. The summed E-state index contributed by atoms with van der Waals surface area (Å²) in [6, 6.07) is 6.44. The van der Waals surface area contributed by atoms with Crippen molar-refractivity contribution in [1.82, 2.24) is 4.90 Å². The molecule has 0 radical (unpaired) electrons. The molecular formula is C19H29NO2. The molecule has 1 aromatic carbocycles.